The number of esters is 1. The number of hydrogen-bond acceptors (Lipinski definition) is 6. The van der Waals surface area contributed by atoms with Gasteiger partial charge in [0.2, 0.25) is 0 Å². The molecular formula is C38H37N3O4. The molecule has 45 heavy (non-hydrogen) atoms. The third-order valence-electron chi connectivity index (χ3n) is 7.78. The van der Waals surface area contributed by atoms with Gasteiger partial charge in [-0.15, -0.1) is 0 Å². The average Bonchev–Trinajstić information content (AvgIpc) is 3.40. The highest BCUT2D eigenvalue weighted by atomic mass is 16.6. The van der Waals surface area contributed by atoms with Gasteiger partial charge < -0.3 is 14.5 Å². The van der Waals surface area contributed by atoms with Gasteiger partial charge >= 0.3 is 5.97 Å². The van der Waals surface area contributed by atoms with Crippen molar-refractivity contribution in [3.63, 3.8) is 0 Å². The molecule has 4 aromatic carbocycles. The van der Waals surface area contributed by atoms with E-state index in [1.165, 1.54) is 5.56 Å². The molecule has 0 spiro atoms. The zero-order chi connectivity index (χ0) is 31.9. The first-order valence-electron chi connectivity index (χ1n) is 15.2. The minimum Gasteiger partial charge on any atom is -0.456 e. The van der Waals surface area contributed by atoms with Crippen molar-refractivity contribution in [2.24, 2.45) is 0 Å². The third-order valence-corrected chi connectivity index (χ3v) is 7.78. The van der Waals surface area contributed by atoms with Crippen LogP contribution in [0.4, 0.5) is 5.69 Å². The number of aromatic nitrogens is 2. The van der Waals surface area contributed by atoms with Crippen molar-refractivity contribution in [3.05, 3.63) is 129 Å². The topological polar surface area (TPSA) is 86.4 Å². The van der Waals surface area contributed by atoms with Gasteiger partial charge in [-0.05, 0) is 89.1 Å². The van der Waals surface area contributed by atoms with E-state index in [1.807, 2.05) is 119 Å². The normalized spacial score (nSPS) is 12.4. The summed E-state index contributed by atoms with van der Waals surface area (Å²) in [6.07, 6.45) is 2.02. The predicted octanol–water partition coefficient (Wildman–Crippen LogP) is 8.60. The van der Waals surface area contributed by atoms with Crippen molar-refractivity contribution in [2.75, 3.05) is 5.32 Å². The lowest BCUT2D eigenvalue weighted by molar-refractivity contribution is 0.00706. The number of carbonyl (C=O) groups excluding carboxylic acids is 1. The Kier molecular flexibility index (Phi) is 7.79. The maximum Gasteiger partial charge on any atom is 0.340 e. The summed E-state index contributed by atoms with van der Waals surface area (Å²) in [4.78, 5) is 26.8. The van der Waals surface area contributed by atoms with Crippen LogP contribution in [-0.4, -0.2) is 21.4 Å². The number of benzene rings is 4. The van der Waals surface area contributed by atoms with Crippen LogP contribution in [-0.2, 0) is 11.3 Å². The minimum atomic E-state index is -0.621. The second-order valence-electron chi connectivity index (χ2n) is 12.6. The second-order valence-corrected chi connectivity index (χ2v) is 12.6. The molecule has 0 saturated carbocycles. The van der Waals surface area contributed by atoms with E-state index in [0.717, 1.165) is 27.6 Å². The number of carbonyl (C=O) groups is 1. The fourth-order valence-corrected chi connectivity index (χ4v) is 5.67. The van der Waals surface area contributed by atoms with Gasteiger partial charge in [0.05, 0.1) is 29.1 Å². The van der Waals surface area contributed by atoms with Gasteiger partial charge in [-0.25, -0.2) is 4.79 Å². The molecule has 2 heterocycles. The van der Waals surface area contributed by atoms with E-state index in [1.54, 1.807) is 6.07 Å². The average molecular weight is 600 g/mol. The lowest BCUT2D eigenvalue weighted by Crippen LogP contribution is -2.24. The Morgan fingerprint density at radius 1 is 0.978 bits per heavy atom. The van der Waals surface area contributed by atoms with Crippen LogP contribution in [0.25, 0.3) is 33.2 Å². The van der Waals surface area contributed by atoms with Gasteiger partial charge in [-0.1, -0.05) is 48.5 Å². The van der Waals surface area contributed by atoms with Gasteiger partial charge in [-0.3, -0.25) is 9.48 Å². The number of fused-ring (bicyclic) bond motifs is 2. The Balaban J connectivity index is 1.39. The van der Waals surface area contributed by atoms with Crippen LogP contribution in [0.15, 0.2) is 100 Å². The number of para-hydroxylation sites is 1. The first-order chi connectivity index (χ1) is 21.5. The molecule has 0 aliphatic heterocycles. The van der Waals surface area contributed by atoms with Gasteiger partial charge in [-0.2, -0.15) is 5.10 Å². The lowest BCUT2D eigenvalue weighted by Gasteiger charge is -2.23. The molecule has 6 rings (SSSR count). The Morgan fingerprint density at radius 3 is 2.47 bits per heavy atom. The molecule has 0 saturated heterocycles. The van der Waals surface area contributed by atoms with E-state index >= 15 is 0 Å². The molecule has 7 heteroatoms. The number of rotatable bonds is 7. The maximum absolute atomic E-state index is 13.8. The summed E-state index contributed by atoms with van der Waals surface area (Å²) in [5, 5.41) is 9.71. The summed E-state index contributed by atoms with van der Waals surface area (Å²) < 4.78 is 14.2. The molecule has 0 radical (unpaired) electrons. The number of ether oxygens (including phenoxy) is 1. The van der Waals surface area contributed by atoms with Crippen LogP contribution in [0.5, 0.6) is 0 Å². The summed E-state index contributed by atoms with van der Waals surface area (Å²) in [5.74, 6) is 0.121. The molecule has 1 atom stereocenters. The van der Waals surface area contributed by atoms with Crippen LogP contribution in [0.1, 0.15) is 66.3 Å². The summed E-state index contributed by atoms with van der Waals surface area (Å²) in [7, 11) is 0. The second kappa shape index (κ2) is 11.7. The van der Waals surface area contributed by atoms with Crippen LogP contribution in [0, 0.1) is 13.8 Å². The van der Waals surface area contributed by atoms with Crippen molar-refractivity contribution in [2.45, 2.75) is 59.7 Å². The molecule has 0 unspecified atom stereocenters. The first kappa shape index (κ1) is 29.9. The fraction of sp³-hybridized carbons (Fsp3) is 0.237. The van der Waals surface area contributed by atoms with E-state index in [2.05, 4.69) is 17.4 Å². The monoisotopic (exact) mass is 599 g/mol. The van der Waals surface area contributed by atoms with Gasteiger partial charge in [0.1, 0.15) is 16.9 Å². The van der Waals surface area contributed by atoms with Crippen molar-refractivity contribution in [3.8, 4) is 11.3 Å². The molecule has 0 amide bonds. The Hall–Kier alpha value is -5.17. The summed E-state index contributed by atoms with van der Waals surface area (Å²) in [5.41, 5.74) is 6.05. The van der Waals surface area contributed by atoms with Crippen molar-refractivity contribution >= 4 is 33.5 Å². The van der Waals surface area contributed by atoms with E-state index in [0.29, 0.717) is 40.1 Å². The van der Waals surface area contributed by atoms with Crippen LogP contribution in [0.2, 0.25) is 0 Å². The highest BCUT2D eigenvalue weighted by Crippen LogP contribution is 2.34. The molecule has 0 bridgehead atoms. The molecule has 0 fully saturated rings. The van der Waals surface area contributed by atoms with Crippen molar-refractivity contribution in [1.82, 2.24) is 9.78 Å². The van der Waals surface area contributed by atoms with Gasteiger partial charge in [0, 0.05) is 34.0 Å². The van der Waals surface area contributed by atoms with Gasteiger partial charge in [0.15, 0.2) is 5.43 Å². The highest BCUT2D eigenvalue weighted by Gasteiger charge is 2.23. The molecule has 2 aromatic heterocycles. The zero-order valence-corrected chi connectivity index (χ0v) is 26.5. The van der Waals surface area contributed by atoms with Crippen LogP contribution in [0.3, 0.4) is 0 Å². The maximum atomic E-state index is 13.8. The number of aryl methyl sites for hydroxylation is 1. The Labute approximate surface area is 262 Å². The molecule has 0 aliphatic carbocycles. The largest absolute Gasteiger partial charge is 0.456 e. The number of hydrogen-bond donors (Lipinski definition) is 1. The van der Waals surface area contributed by atoms with E-state index in [9.17, 15) is 9.59 Å². The third kappa shape index (κ3) is 6.25. The van der Waals surface area contributed by atoms with Crippen LogP contribution < -0.4 is 10.7 Å². The SMILES string of the molecule is Cc1cc([C@@H](C)Nc2ccccc2C(=O)OC(C)(C)C)c2oc(-c3ccc4nn(Cc5ccccc5)cc4c3)c(C)c(=O)c2c1. The fourth-order valence-electron chi connectivity index (χ4n) is 5.67. The van der Waals surface area contributed by atoms with Gasteiger partial charge in [0.25, 0.3) is 0 Å². The van der Waals surface area contributed by atoms with E-state index < -0.39 is 11.6 Å². The highest BCUT2D eigenvalue weighted by molar-refractivity contribution is 5.96. The molecule has 0 aliphatic rings. The smallest absolute Gasteiger partial charge is 0.340 e. The molecule has 7 nitrogen and oxygen atoms in total. The minimum absolute atomic E-state index is 0.0718. The van der Waals surface area contributed by atoms with Crippen molar-refractivity contribution < 1.29 is 13.9 Å². The summed E-state index contributed by atoms with van der Waals surface area (Å²) in [6, 6.07) is 27.0. The van der Waals surface area contributed by atoms with E-state index in [-0.39, 0.29) is 11.5 Å². The molecule has 6 aromatic rings. The molecular weight excluding hydrogens is 562 g/mol. The van der Waals surface area contributed by atoms with Crippen LogP contribution >= 0.6 is 0 Å². The predicted molar refractivity (Wildman–Crippen MR) is 180 cm³/mol. The molecule has 1 N–H and O–H groups in total. The zero-order valence-electron chi connectivity index (χ0n) is 26.5. The van der Waals surface area contributed by atoms with Crippen molar-refractivity contribution in [1.29, 1.82) is 0 Å². The number of nitrogens with zero attached hydrogens (tertiary/aromatic N) is 2. The standard InChI is InChI=1S/C38H37N3O4/c1-23-18-30(25(3)39-33-15-11-10-14-29(33)37(43)45-38(4,5)6)36-31(19-23)34(42)24(2)35(44-36)27-16-17-32-28(20-27)22-41(40-32)21-26-12-8-7-9-13-26/h7-20,22,25,39H,21H2,1-6H3/t25-/m1/s1. The lowest BCUT2D eigenvalue weighted by atomic mass is 9.98. The van der Waals surface area contributed by atoms with E-state index in [4.69, 9.17) is 14.3 Å². The number of nitrogens with one attached hydrogen (secondary N) is 1. The summed E-state index contributed by atoms with van der Waals surface area (Å²) in [6.45, 7) is 12.0. The summed E-state index contributed by atoms with van der Waals surface area (Å²) >= 11 is 0. The quantitative estimate of drug-likeness (QED) is 0.185. The molecule has 228 valence electrons. The number of anilines is 1. The Bertz CT molecular complexity index is 2100. The first-order valence-corrected chi connectivity index (χ1v) is 15.2. The Morgan fingerprint density at radius 2 is 1.71 bits per heavy atom.